The van der Waals surface area contributed by atoms with E-state index in [1.165, 1.54) is 13.3 Å². The van der Waals surface area contributed by atoms with Gasteiger partial charge in [-0.3, -0.25) is 9.59 Å². The van der Waals surface area contributed by atoms with Crippen LogP contribution in [0.3, 0.4) is 0 Å². The molecule has 0 bridgehead atoms. The van der Waals surface area contributed by atoms with Crippen molar-refractivity contribution in [2.45, 2.75) is 45.1 Å². The van der Waals surface area contributed by atoms with Gasteiger partial charge in [0.25, 0.3) is 5.91 Å². The molecular formula is C11H16N2O3. The maximum atomic E-state index is 11.9. The summed E-state index contributed by atoms with van der Waals surface area (Å²) in [5, 5.41) is 0. The molecule has 0 spiro atoms. The predicted molar refractivity (Wildman–Crippen MR) is 56.5 cm³/mol. The summed E-state index contributed by atoms with van der Waals surface area (Å²) in [4.78, 5) is 36.9. The number of hydrogen-bond acceptors (Lipinski definition) is 3. The highest BCUT2D eigenvalue weighted by molar-refractivity contribution is 6.14. The molecule has 0 atom stereocenters. The predicted octanol–water partition coefficient (Wildman–Crippen LogP) is 1.13. The third-order valence-electron chi connectivity index (χ3n) is 3.32. The fraction of sp³-hybridized carbons (Fsp3) is 0.727. The molecular weight excluding hydrogens is 208 g/mol. The highest BCUT2D eigenvalue weighted by Crippen LogP contribution is 2.26. The summed E-state index contributed by atoms with van der Waals surface area (Å²) in [5.41, 5.74) is 0. The number of carbonyl (C=O) groups is 3. The zero-order chi connectivity index (χ0) is 11.7. The first-order chi connectivity index (χ1) is 7.61. The Morgan fingerprint density at radius 2 is 1.81 bits per heavy atom. The number of nitrogens with zero attached hydrogens (tertiary/aromatic N) is 2. The summed E-state index contributed by atoms with van der Waals surface area (Å²) in [5.74, 6) is -0.864. The molecule has 2 fully saturated rings. The standard InChI is InChI=1S/C11H16N2O3/c1-8(14)13-10(15)7-12(11(13)16)9-5-3-2-4-6-9/h9H,2-7H2,1H3. The van der Waals surface area contributed by atoms with Crippen LogP contribution in [0.4, 0.5) is 4.79 Å². The van der Waals surface area contributed by atoms with Crippen LogP contribution in [0.15, 0.2) is 0 Å². The fourth-order valence-electron chi connectivity index (χ4n) is 2.51. The summed E-state index contributed by atoms with van der Waals surface area (Å²) in [6.45, 7) is 1.32. The topological polar surface area (TPSA) is 57.7 Å². The Bertz CT molecular complexity index is 334. The Morgan fingerprint density at radius 3 is 2.31 bits per heavy atom. The zero-order valence-electron chi connectivity index (χ0n) is 9.44. The fourth-order valence-corrected chi connectivity index (χ4v) is 2.51. The lowest BCUT2D eigenvalue weighted by atomic mass is 9.94. The third kappa shape index (κ3) is 1.81. The summed E-state index contributed by atoms with van der Waals surface area (Å²) >= 11 is 0. The molecule has 5 nitrogen and oxygen atoms in total. The Balaban J connectivity index is 2.10. The first-order valence-corrected chi connectivity index (χ1v) is 5.75. The van der Waals surface area contributed by atoms with Crippen molar-refractivity contribution in [3.63, 3.8) is 0 Å². The number of urea groups is 1. The smallest absolute Gasteiger partial charge is 0.312 e. The van der Waals surface area contributed by atoms with E-state index in [1.807, 2.05) is 0 Å². The monoisotopic (exact) mass is 224 g/mol. The van der Waals surface area contributed by atoms with Crippen LogP contribution in [0, 0.1) is 0 Å². The number of imide groups is 3. The molecule has 0 N–H and O–H groups in total. The van der Waals surface area contributed by atoms with Gasteiger partial charge >= 0.3 is 6.03 Å². The van der Waals surface area contributed by atoms with E-state index < -0.39 is 11.9 Å². The van der Waals surface area contributed by atoms with Gasteiger partial charge in [-0.15, -0.1) is 0 Å². The largest absolute Gasteiger partial charge is 0.334 e. The molecule has 0 aromatic heterocycles. The number of rotatable bonds is 1. The summed E-state index contributed by atoms with van der Waals surface area (Å²) < 4.78 is 0. The lowest BCUT2D eigenvalue weighted by Crippen LogP contribution is -2.41. The van der Waals surface area contributed by atoms with Crippen LogP contribution in [0.5, 0.6) is 0 Å². The van der Waals surface area contributed by atoms with Gasteiger partial charge in [0, 0.05) is 13.0 Å². The van der Waals surface area contributed by atoms with Crippen molar-refractivity contribution in [3.8, 4) is 0 Å². The van der Waals surface area contributed by atoms with E-state index in [2.05, 4.69) is 0 Å². The van der Waals surface area contributed by atoms with Gasteiger partial charge in [0.15, 0.2) is 0 Å². The number of amides is 4. The van der Waals surface area contributed by atoms with E-state index in [0.29, 0.717) is 0 Å². The van der Waals surface area contributed by atoms with Crippen molar-refractivity contribution in [2.24, 2.45) is 0 Å². The lowest BCUT2D eigenvalue weighted by Gasteiger charge is -2.29. The van der Waals surface area contributed by atoms with Crippen LogP contribution in [-0.2, 0) is 9.59 Å². The van der Waals surface area contributed by atoms with Crippen molar-refractivity contribution in [3.05, 3.63) is 0 Å². The van der Waals surface area contributed by atoms with E-state index in [4.69, 9.17) is 0 Å². The van der Waals surface area contributed by atoms with Gasteiger partial charge in [0.2, 0.25) is 5.91 Å². The van der Waals surface area contributed by atoms with Crippen molar-refractivity contribution < 1.29 is 14.4 Å². The second kappa shape index (κ2) is 4.23. The summed E-state index contributed by atoms with van der Waals surface area (Å²) in [6.07, 6.45) is 5.30. The van der Waals surface area contributed by atoms with Gasteiger partial charge in [-0.2, -0.15) is 4.90 Å². The van der Waals surface area contributed by atoms with E-state index >= 15 is 0 Å². The molecule has 0 unspecified atom stereocenters. The molecule has 0 aromatic rings. The average Bonchev–Trinajstić information content (AvgIpc) is 2.55. The first-order valence-electron chi connectivity index (χ1n) is 5.75. The number of carbonyl (C=O) groups excluding carboxylic acids is 3. The van der Waals surface area contributed by atoms with Gasteiger partial charge in [0.1, 0.15) is 6.54 Å². The Kier molecular flexibility index (Phi) is 2.94. The van der Waals surface area contributed by atoms with Crippen LogP contribution < -0.4 is 0 Å². The molecule has 1 heterocycles. The van der Waals surface area contributed by atoms with Gasteiger partial charge in [-0.1, -0.05) is 19.3 Å². The minimum Gasteiger partial charge on any atom is -0.312 e. The maximum absolute atomic E-state index is 11.9. The Labute approximate surface area is 94.4 Å². The molecule has 16 heavy (non-hydrogen) atoms. The molecule has 0 radical (unpaired) electrons. The SMILES string of the molecule is CC(=O)N1C(=O)CN(C2CCCCC2)C1=O. The molecule has 88 valence electrons. The second-order valence-electron chi connectivity index (χ2n) is 4.45. The van der Waals surface area contributed by atoms with Gasteiger partial charge in [0.05, 0.1) is 0 Å². The molecule has 0 aromatic carbocycles. The molecule has 2 aliphatic rings. The highest BCUT2D eigenvalue weighted by atomic mass is 16.2. The number of hydrogen-bond donors (Lipinski definition) is 0. The van der Waals surface area contributed by atoms with E-state index in [9.17, 15) is 14.4 Å². The van der Waals surface area contributed by atoms with E-state index in [0.717, 1.165) is 30.6 Å². The zero-order valence-corrected chi connectivity index (χ0v) is 9.44. The summed E-state index contributed by atoms with van der Waals surface area (Å²) in [7, 11) is 0. The van der Waals surface area contributed by atoms with Crippen LogP contribution in [-0.4, -0.2) is 40.2 Å². The highest BCUT2D eigenvalue weighted by Gasteiger charge is 2.41. The Morgan fingerprint density at radius 1 is 1.19 bits per heavy atom. The minimum absolute atomic E-state index is 0.0725. The molecule has 4 amide bonds. The minimum atomic E-state index is -0.478. The molecule has 5 heteroatoms. The van der Waals surface area contributed by atoms with Crippen LogP contribution in [0.1, 0.15) is 39.0 Å². The van der Waals surface area contributed by atoms with Crippen LogP contribution in [0.25, 0.3) is 0 Å². The molecule has 1 aliphatic heterocycles. The second-order valence-corrected chi connectivity index (χ2v) is 4.45. The van der Waals surface area contributed by atoms with E-state index in [-0.39, 0.29) is 18.5 Å². The average molecular weight is 224 g/mol. The molecule has 1 saturated heterocycles. The molecule has 1 aliphatic carbocycles. The van der Waals surface area contributed by atoms with Crippen LogP contribution in [0.2, 0.25) is 0 Å². The maximum Gasteiger partial charge on any atom is 0.334 e. The lowest BCUT2D eigenvalue weighted by molar-refractivity contribution is -0.136. The van der Waals surface area contributed by atoms with Crippen molar-refractivity contribution >= 4 is 17.8 Å². The van der Waals surface area contributed by atoms with Gasteiger partial charge in [-0.25, -0.2) is 4.79 Å². The van der Waals surface area contributed by atoms with Crippen molar-refractivity contribution in [1.29, 1.82) is 0 Å². The third-order valence-corrected chi connectivity index (χ3v) is 3.32. The van der Waals surface area contributed by atoms with Crippen molar-refractivity contribution in [1.82, 2.24) is 9.80 Å². The quantitative estimate of drug-likeness (QED) is 0.627. The summed E-state index contributed by atoms with van der Waals surface area (Å²) in [6, 6.07) is -0.279. The van der Waals surface area contributed by atoms with Gasteiger partial charge < -0.3 is 4.90 Å². The van der Waals surface area contributed by atoms with Crippen molar-refractivity contribution in [2.75, 3.05) is 6.54 Å². The molecule has 1 saturated carbocycles. The first kappa shape index (κ1) is 11.1. The van der Waals surface area contributed by atoms with E-state index in [1.54, 1.807) is 4.90 Å². The normalized spacial score (nSPS) is 23.1. The Hall–Kier alpha value is -1.39. The van der Waals surface area contributed by atoms with Crippen LogP contribution >= 0.6 is 0 Å². The van der Waals surface area contributed by atoms with Gasteiger partial charge in [-0.05, 0) is 12.8 Å². The molecule has 2 rings (SSSR count).